The van der Waals surface area contributed by atoms with Crippen molar-refractivity contribution in [3.63, 3.8) is 0 Å². The number of fused-ring (bicyclic) bond motifs is 2. The molecule has 0 N–H and O–H groups in total. The standard InChI is InChI=1S/C33H53NO4/c1-3-4-5-6-7-8-9-10-11-12-13-14-18-21-32(35)37-26-31(27-19-16-15-17-20-27)33(36)38-30-24-28-22-23-29(25-30)34(28)2/h15-17,19-20,28-31H,3-14,18,21-26H2,1-2H3/t28-,29+,30+,31?. The minimum Gasteiger partial charge on any atom is -0.464 e. The van der Waals surface area contributed by atoms with Crippen LogP contribution in [0.4, 0.5) is 0 Å². The summed E-state index contributed by atoms with van der Waals surface area (Å²) in [6.45, 7) is 2.32. The van der Waals surface area contributed by atoms with Crippen molar-refractivity contribution >= 4 is 11.9 Å². The Hall–Kier alpha value is -1.88. The molecule has 5 heteroatoms. The molecule has 214 valence electrons. The van der Waals surface area contributed by atoms with Gasteiger partial charge in [-0.2, -0.15) is 0 Å². The van der Waals surface area contributed by atoms with E-state index < -0.39 is 5.92 Å². The summed E-state index contributed by atoms with van der Waals surface area (Å²) in [6, 6.07) is 10.6. The van der Waals surface area contributed by atoms with Crippen LogP contribution in [0.5, 0.6) is 0 Å². The van der Waals surface area contributed by atoms with Gasteiger partial charge in [-0.1, -0.05) is 114 Å². The minimum atomic E-state index is -0.566. The summed E-state index contributed by atoms with van der Waals surface area (Å²) in [5, 5.41) is 0. The fourth-order valence-electron chi connectivity index (χ4n) is 6.23. The summed E-state index contributed by atoms with van der Waals surface area (Å²) in [5.74, 6) is -1.04. The number of nitrogens with zero attached hydrogens (tertiary/aromatic N) is 1. The van der Waals surface area contributed by atoms with Gasteiger partial charge in [-0.05, 0) is 44.7 Å². The molecular weight excluding hydrogens is 474 g/mol. The van der Waals surface area contributed by atoms with E-state index in [1.165, 1.54) is 83.5 Å². The van der Waals surface area contributed by atoms with Gasteiger partial charge >= 0.3 is 11.9 Å². The molecule has 1 aromatic carbocycles. The van der Waals surface area contributed by atoms with Crippen LogP contribution in [0.3, 0.4) is 0 Å². The van der Waals surface area contributed by atoms with E-state index in [0.717, 1.165) is 31.2 Å². The Morgan fingerprint density at radius 2 is 1.34 bits per heavy atom. The average Bonchev–Trinajstić information content (AvgIpc) is 3.11. The van der Waals surface area contributed by atoms with Gasteiger partial charge in [-0.3, -0.25) is 9.59 Å². The van der Waals surface area contributed by atoms with Crippen molar-refractivity contribution in [2.45, 2.75) is 147 Å². The van der Waals surface area contributed by atoms with Crippen molar-refractivity contribution in [3.05, 3.63) is 35.9 Å². The highest BCUT2D eigenvalue weighted by atomic mass is 16.6. The Morgan fingerprint density at radius 1 is 0.816 bits per heavy atom. The van der Waals surface area contributed by atoms with Gasteiger partial charge < -0.3 is 14.4 Å². The second-order valence-corrected chi connectivity index (χ2v) is 11.7. The fraction of sp³-hybridized carbons (Fsp3) is 0.758. The number of unbranched alkanes of at least 4 members (excludes halogenated alkanes) is 12. The molecule has 4 atom stereocenters. The summed E-state index contributed by atoms with van der Waals surface area (Å²) in [6.07, 6.45) is 21.2. The van der Waals surface area contributed by atoms with Crippen LogP contribution >= 0.6 is 0 Å². The molecule has 0 amide bonds. The van der Waals surface area contributed by atoms with E-state index in [2.05, 4.69) is 18.9 Å². The average molecular weight is 528 g/mol. The van der Waals surface area contributed by atoms with Gasteiger partial charge in [0.2, 0.25) is 0 Å². The van der Waals surface area contributed by atoms with Gasteiger partial charge in [0.15, 0.2) is 0 Å². The zero-order valence-electron chi connectivity index (χ0n) is 24.2. The van der Waals surface area contributed by atoms with E-state index in [1.54, 1.807) is 0 Å². The van der Waals surface area contributed by atoms with E-state index in [9.17, 15) is 9.59 Å². The second-order valence-electron chi connectivity index (χ2n) is 11.7. The van der Waals surface area contributed by atoms with Crippen molar-refractivity contribution in [1.82, 2.24) is 4.90 Å². The number of carbonyl (C=O) groups excluding carboxylic acids is 2. The lowest BCUT2D eigenvalue weighted by Gasteiger charge is -2.36. The monoisotopic (exact) mass is 527 g/mol. The number of carbonyl (C=O) groups is 2. The number of rotatable bonds is 19. The number of ether oxygens (including phenoxy) is 2. The SMILES string of the molecule is CCCCCCCCCCCCCCCC(=O)OCC(C(=O)O[C@H]1C[C@H]2CC[C@@H](C1)N2C)c1ccccc1. The van der Waals surface area contributed by atoms with Crippen LogP contribution in [0, 0.1) is 0 Å². The molecule has 5 nitrogen and oxygen atoms in total. The molecular formula is C33H53NO4. The van der Waals surface area contributed by atoms with Crippen molar-refractivity contribution in [2.75, 3.05) is 13.7 Å². The molecule has 38 heavy (non-hydrogen) atoms. The van der Waals surface area contributed by atoms with Crippen LogP contribution in [-0.4, -0.2) is 48.7 Å². The van der Waals surface area contributed by atoms with Crippen LogP contribution in [0.25, 0.3) is 0 Å². The first-order chi connectivity index (χ1) is 18.6. The van der Waals surface area contributed by atoms with Crippen molar-refractivity contribution in [3.8, 4) is 0 Å². The molecule has 0 aromatic heterocycles. The quantitative estimate of drug-likeness (QED) is 0.135. The first-order valence-corrected chi connectivity index (χ1v) is 15.7. The summed E-state index contributed by atoms with van der Waals surface area (Å²) < 4.78 is 11.6. The Balaban J connectivity index is 1.29. The fourth-order valence-corrected chi connectivity index (χ4v) is 6.23. The third kappa shape index (κ3) is 10.7. The Bertz CT molecular complexity index is 783. The van der Waals surface area contributed by atoms with Crippen molar-refractivity contribution in [1.29, 1.82) is 0 Å². The molecule has 0 aliphatic carbocycles. The lowest BCUT2D eigenvalue weighted by atomic mass is 9.98. The molecule has 3 rings (SSSR count). The predicted molar refractivity (Wildman–Crippen MR) is 154 cm³/mol. The molecule has 0 spiro atoms. The third-order valence-electron chi connectivity index (χ3n) is 8.72. The highest BCUT2D eigenvalue weighted by Gasteiger charge is 2.40. The largest absolute Gasteiger partial charge is 0.464 e. The normalized spacial score (nSPS) is 21.8. The summed E-state index contributed by atoms with van der Waals surface area (Å²) in [7, 11) is 2.18. The molecule has 0 saturated carbocycles. The predicted octanol–water partition coefficient (Wildman–Crippen LogP) is 7.96. The number of esters is 2. The minimum absolute atomic E-state index is 0.0380. The number of hydrogen-bond acceptors (Lipinski definition) is 5. The topological polar surface area (TPSA) is 55.8 Å². The molecule has 1 aromatic rings. The Labute approximate surface area is 232 Å². The van der Waals surface area contributed by atoms with Gasteiger partial charge in [0.1, 0.15) is 18.6 Å². The van der Waals surface area contributed by atoms with Crippen LogP contribution in [0.2, 0.25) is 0 Å². The molecule has 2 bridgehead atoms. The third-order valence-corrected chi connectivity index (χ3v) is 8.72. The van der Waals surface area contributed by atoms with E-state index in [-0.39, 0.29) is 24.6 Å². The van der Waals surface area contributed by atoms with Gasteiger partial charge in [-0.15, -0.1) is 0 Å². The maximum atomic E-state index is 13.2. The first-order valence-electron chi connectivity index (χ1n) is 15.7. The van der Waals surface area contributed by atoms with E-state index in [1.807, 2.05) is 30.3 Å². The molecule has 2 saturated heterocycles. The molecule has 2 aliphatic rings. The smallest absolute Gasteiger partial charge is 0.317 e. The summed E-state index contributed by atoms with van der Waals surface area (Å²) in [5.41, 5.74) is 0.849. The number of benzene rings is 1. The molecule has 2 fully saturated rings. The van der Waals surface area contributed by atoms with Crippen molar-refractivity contribution in [2.24, 2.45) is 0 Å². The van der Waals surface area contributed by atoms with Gasteiger partial charge in [0.25, 0.3) is 0 Å². The van der Waals surface area contributed by atoms with Gasteiger partial charge in [0.05, 0.1) is 0 Å². The second kappa shape index (κ2) is 17.7. The molecule has 2 heterocycles. The molecule has 2 aliphatic heterocycles. The Morgan fingerprint density at radius 3 is 1.89 bits per heavy atom. The first kappa shape index (κ1) is 30.7. The number of hydrogen-bond donors (Lipinski definition) is 0. The summed E-state index contributed by atoms with van der Waals surface area (Å²) >= 11 is 0. The Kier molecular flexibility index (Phi) is 14.2. The van der Waals surface area contributed by atoms with E-state index in [4.69, 9.17) is 9.47 Å². The number of piperidine rings is 1. The maximum absolute atomic E-state index is 13.2. The lowest BCUT2D eigenvalue weighted by Crippen LogP contribution is -2.44. The molecule has 0 radical (unpaired) electrons. The van der Waals surface area contributed by atoms with Crippen LogP contribution < -0.4 is 0 Å². The van der Waals surface area contributed by atoms with Crippen LogP contribution in [0.15, 0.2) is 30.3 Å². The highest BCUT2D eigenvalue weighted by molar-refractivity contribution is 5.79. The maximum Gasteiger partial charge on any atom is 0.317 e. The zero-order chi connectivity index (χ0) is 27.0. The van der Waals surface area contributed by atoms with Crippen LogP contribution in [0.1, 0.15) is 134 Å². The van der Waals surface area contributed by atoms with E-state index >= 15 is 0 Å². The zero-order valence-corrected chi connectivity index (χ0v) is 24.2. The van der Waals surface area contributed by atoms with Crippen molar-refractivity contribution < 1.29 is 19.1 Å². The van der Waals surface area contributed by atoms with Gasteiger partial charge in [0, 0.05) is 18.5 Å². The summed E-state index contributed by atoms with van der Waals surface area (Å²) in [4.78, 5) is 28.1. The van der Waals surface area contributed by atoms with E-state index in [0.29, 0.717) is 18.5 Å². The van der Waals surface area contributed by atoms with Crippen LogP contribution in [-0.2, 0) is 19.1 Å². The lowest BCUT2D eigenvalue weighted by molar-refractivity contribution is -0.158. The highest BCUT2D eigenvalue weighted by Crippen LogP contribution is 2.36. The van der Waals surface area contributed by atoms with Gasteiger partial charge in [-0.25, -0.2) is 0 Å². The molecule has 1 unspecified atom stereocenters.